The lowest BCUT2D eigenvalue weighted by Gasteiger charge is -2.26. The van der Waals surface area contributed by atoms with Gasteiger partial charge in [-0.25, -0.2) is 14.6 Å². The Labute approximate surface area is 151 Å². The van der Waals surface area contributed by atoms with Crippen LogP contribution in [0.25, 0.3) is 11.3 Å². The van der Waals surface area contributed by atoms with E-state index in [0.717, 1.165) is 42.3 Å². The smallest absolute Gasteiger partial charge is 0.266 e. The lowest BCUT2D eigenvalue weighted by atomic mass is 10.2. The van der Waals surface area contributed by atoms with Crippen molar-refractivity contribution in [2.24, 2.45) is 0 Å². The maximum absolute atomic E-state index is 12.3. The molecule has 4 heterocycles. The number of hydrogen-bond donors (Lipinski definition) is 0. The Hall–Kier alpha value is -3.09. The minimum atomic E-state index is -0.0893. The normalized spacial score (nSPS) is 16.8. The molecule has 1 unspecified atom stereocenters. The van der Waals surface area contributed by atoms with Crippen LogP contribution in [-0.2, 0) is 6.54 Å². The van der Waals surface area contributed by atoms with E-state index in [-0.39, 0.29) is 11.6 Å². The van der Waals surface area contributed by atoms with Crippen LogP contribution in [0.4, 0.5) is 5.82 Å². The molecule has 132 valence electrons. The molecular formula is C19H20N6O. The van der Waals surface area contributed by atoms with E-state index in [2.05, 4.69) is 25.0 Å². The third-order valence-electron chi connectivity index (χ3n) is 4.66. The topological polar surface area (TPSA) is 76.8 Å². The van der Waals surface area contributed by atoms with Crippen LogP contribution in [0.3, 0.4) is 0 Å². The first-order valence-electron chi connectivity index (χ1n) is 8.75. The van der Waals surface area contributed by atoms with Gasteiger partial charge in [-0.15, -0.1) is 0 Å². The third kappa shape index (κ3) is 3.33. The fourth-order valence-corrected chi connectivity index (χ4v) is 3.39. The predicted octanol–water partition coefficient (Wildman–Crippen LogP) is 2.07. The van der Waals surface area contributed by atoms with Crippen LogP contribution in [0.15, 0.2) is 53.7 Å². The van der Waals surface area contributed by atoms with Crippen molar-refractivity contribution >= 4 is 5.82 Å². The molecule has 7 nitrogen and oxygen atoms in total. The first-order chi connectivity index (χ1) is 12.7. The second-order valence-electron chi connectivity index (χ2n) is 6.43. The van der Waals surface area contributed by atoms with E-state index >= 15 is 0 Å². The number of pyridine rings is 1. The maximum atomic E-state index is 12.3. The number of nitrogens with zero attached hydrogens (tertiary/aromatic N) is 6. The van der Waals surface area contributed by atoms with Gasteiger partial charge in [0, 0.05) is 36.8 Å². The van der Waals surface area contributed by atoms with Crippen molar-refractivity contribution in [3.63, 3.8) is 0 Å². The maximum Gasteiger partial charge on any atom is 0.266 e. The highest BCUT2D eigenvalue weighted by Gasteiger charge is 2.26. The van der Waals surface area contributed by atoms with Crippen molar-refractivity contribution in [3.8, 4) is 11.3 Å². The lowest BCUT2D eigenvalue weighted by Crippen LogP contribution is -2.37. The van der Waals surface area contributed by atoms with Crippen LogP contribution in [0.2, 0.25) is 0 Å². The van der Waals surface area contributed by atoms with E-state index in [0.29, 0.717) is 6.54 Å². The molecule has 1 aliphatic rings. The number of rotatable bonds is 4. The van der Waals surface area contributed by atoms with Crippen molar-refractivity contribution in [1.29, 1.82) is 0 Å². The van der Waals surface area contributed by atoms with E-state index < -0.39 is 0 Å². The van der Waals surface area contributed by atoms with Crippen LogP contribution < -0.4 is 10.5 Å². The molecule has 3 aromatic rings. The molecule has 0 aromatic carbocycles. The Kier molecular flexibility index (Phi) is 4.43. The molecule has 4 rings (SSSR count). The Bertz CT molecular complexity index is 955. The molecule has 26 heavy (non-hydrogen) atoms. The summed E-state index contributed by atoms with van der Waals surface area (Å²) in [5.41, 5.74) is 1.63. The average Bonchev–Trinajstić information content (AvgIpc) is 3.12. The van der Waals surface area contributed by atoms with Gasteiger partial charge in [-0.1, -0.05) is 0 Å². The summed E-state index contributed by atoms with van der Waals surface area (Å²) in [6.45, 7) is 3.36. The minimum Gasteiger partial charge on any atom is -0.352 e. The Balaban J connectivity index is 1.61. The van der Waals surface area contributed by atoms with E-state index in [1.165, 1.54) is 0 Å². The largest absolute Gasteiger partial charge is 0.352 e. The van der Waals surface area contributed by atoms with Crippen molar-refractivity contribution in [2.45, 2.75) is 32.4 Å². The zero-order valence-corrected chi connectivity index (χ0v) is 14.6. The molecule has 0 amide bonds. The zero-order chi connectivity index (χ0) is 17.9. The minimum absolute atomic E-state index is 0.0893. The second-order valence-corrected chi connectivity index (χ2v) is 6.43. The van der Waals surface area contributed by atoms with Gasteiger partial charge in [-0.05, 0) is 44.0 Å². The first kappa shape index (κ1) is 16.4. The van der Waals surface area contributed by atoms with Crippen molar-refractivity contribution in [2.75, 3.05) is 11.4 Å². The van der Waals surface area contributed by atoms with Gasteiger partial charge in [-0.2, -0.15) is 5.10 Å². The van der Waals surface area contributed by atoms with Crippen LogP contribution in [0.1, 0.15) is 18.7 Å². The second kappa shape index (κ2) is 7.03. The van der Waals surface area contributed by atoms with E-state index in [1.54, 1.807) is 35.4 Å². The summed E-state index contributed by atoms with van der Waals surface area (Å²) in [4.78, 5) is 27.3. The fraction of sp³-hybridized carbons (Fsp3) is 0.316. The van der Waals surface area contributed by atoms with Gasteiger partial charge in [0.2, 0.25) is 0 Å². The van der Waals surface area contributed by atoms with E-state index in [1.807, 2.05) is 25.1 Å². The van der Waals surface area contributed by atoms with E-state index in [9.17, 15) is 4.79 Å². The molecule has 0 spiro atoms. The number of hydrogen-bond acceptors (Lipinski definition) is 6. The number of aryl methyl sites for hydroxylation is 1. The highest BCUT2D eigenvalue weighted by atomic mass is 16.1. The van der Waals surface area contributed by atoms with Crippen molar-refractivity contribution in [1.82, 2.24) is 24.7 Å². The fourth-order valence-electron chi connectivity index (χ4n) is 3.39. The van der Waals surface area contributed by atoms with E-state index in [4.69, 9.17) is 0 Å². The quantitative estimate of drug-likeness (QED) is 0.718. The molecule has 0 saturated carbocycles. The SMILES string of the molecule is Cc1nccc(N2CCCC2Cn2nc(-c3ccncc3)ccc2=O)n1. The van der Waals surface area contributed by atoms with Gasteiger partial charge in [0.05, 0.1) is 18.3 Å². The number of aromatic nitrogens is 5. The lowest BCUT2D eigenvalue weighted by molar-refractivity contribution is 0.488. The van der Waals surface area contributed by atoms with Gasteiger partial charge in [0.25, 0.3) is 5.56 Å². The molecule has 7 heteroatoms. The van der Waals surface area contributed by atoms with Gasteiger partial charge < -0.3 is 4.90 Å². The molecule has 0 N–H and O–H groups in total. The molecule has 1 aliphatic heterocycles. The van der Waals surface area contributed by atoms with Gasteiger partial charge in [0.1, 0.15) is 11.6 Å². The average molecular weight is 348 g/mol. The molecule has 0 bridgehead atoms. The Morgan fingerprint density at radius 2 is 1.96 bits per heavy atom. The molecule has 3 aromatic heterocycles. The zero-order valence-electron chi connectivity index (χ0n) is 14.6. The third-order valence-corrected chi connectivity index (χ3v) is 4.66. The molecule has 1 saturated heterocycles. The Morgan fingerprint density at radius 1 is 1.12 bits per heavy atom. The molecule has 1 fully saturated rings. The predicted molar refractivity (Wildman–Crippen MR) is 98.9 cm³/mol. The monoisotopic (exact) mass is 348 g/mol. The van der Waals surface area contributed by atoms with Crippen LogP contribution in [-0.4, -0.2) is 37.3 Å². The summed E-state index contributed by atoms with van der Waals surface area (Å²) in [6, 6.07) is 9.24. The van der Waals surface area contributed by atoms with Crippen LogP contribution in [0.5, 0.6) is 0 Å². The highest BCUT2D eigenvalue weighted by Crippen LogP contribution is 2.24. The molecule has 1 atom stereocenters. The summed E-state index contributed by atoms with van der Waals surface area (Å²) < 4.78 is 1.56. The van der Waals surface area contributed by atoms with Gasteiger partial charge in [0.15, 0.2) is 0 Å². The van der Waals surface area contributed by atoms with Gasteiger partial charge in [-0.3, -0.25) is 9.78 Å². The molecule has 0 aliphatic carbocycles. The van der Waals surface area contributed by atoms with Crippen LogP contribution >= 0.6 is 0 Å². The van der Waals surface area contributed by atoms with Crippen LogP contribution in [0, 0.1) is 6.92 Å². The summed E-state index contributed by atoms with van der Waals surface area (Å²) in [5, 5.41) is 4.57. The summed E-state index contributed by atoms with van der Waals surface area (Å²) in [5.74, 6) is 1.67. The first-order valence-corrected chi connectivity index (χ1v) is 8.75. The standard InChI is InChI=1S/C19H20N6O/c1-14-21-11-8-18(22-14)24-12-2-3-16(24)13-25-19(26)5-4-17(23-25)15-6-9-20-10-7-15/h4-11,16H,2-3,12-13H2,1H3. The Morgan fingerprint density at radius 3 is 2.77 bits per heavy atom. The summed E-state index contributed by atoms with van der Waals surface area (Å²) in [6.07, 6.45) is 7.32. The summed E-state index contributed by atoms with van der Waals surface area (Å²) in [7, 11) is 0. The van der Waals surface area contributed by atoms with Gasteiger partial charge >= 0.3 is 0 Å². The highest BCUT2D eigenvalue weighted by molar-refractivity contribution is 5.57. The van der Waals surface area contributed by atoms with Crippen molar-refractivity contribution < 1.29 is 0 Å². The van der Waals surface area contributed by atoms with Crippen molar-refractivity contribution in [3.05, 3.63) is 65.1 Å². The summed E-state index contributed by atoms with van der Waals surface area (Å²) >= 11 is 0. The molecular weight excluding hydrogens is 328 g/mol. The number of anilines is 1. The molecule has 0 radical (unpaired) electrons.